The first-order valence-corrected chi connectivity index (χ1v) is 7.95. The molecule has 0 radical (unpaired) electrons. The average molecular weight is 315 g/mol. The van der Waals surface area contributed by atoms with Gasteiger partial charge in [0.25, 0.3) is 0 Å². The number of nitrogens with zero attached hydrogens (tertiary/aromatic N) is 1. The van der Waals surface area contributed by atoms with E-state index in [2.05, 4.69) is 5.92 Å². The highest BCUT2D eigenvalue weighted by Crippen LogP contribution is 2.30. The van der Waals surface area contributed by atoms with Crippen LogP contribution >= 0.6 is 0 Å². The van der Waals surface area contributed by atoms with E-state index >= 15 is 0 Å². The maximum absolute atomic E-state index is 12.0. The molecule has 2 rings (SSSR count). The summed E-state index contributed by atoms with van der Waals surface area (Å²) < 4.78 is 11.1. The average Bonchev–Trinajstić information content (AvgIpc) is 3.28. The predicted octanol–water partition coefficient (Wildman–Crippen LogP) is 3.82. The van der Waals surface area contributed by atoms with Crippen molar-refractivity contribution in [2.24, 2.45) is 5.92 Å². The van der Waals surface area contributed by atoms with E-state index < -0.39 is 5.60 Å². The lowest BCUT2D eigenvalue weighted by molar-refractivity contribution is 0.0285. The quantitative estimate of drug-likeness (QED) is 0.775. The zero-order valence-electron chi connectivity index (χ0n) is 14.4. The van der Waals surface area contributed by atoms with Crippen LogP contribution in [0.5, 0.6) is 5.75 Å². The molecule has 1 aliphatic rings. The second-order valence-electron chi connectivity index (χ2n) is 7.07. The zero-order chi connectivity index (χ0) is 17.0. The van der Waals surface area contributed by atoms with Gasteiger partial charge in [0.1, 0.15) is 11.4 Å². The second kappa shape index (κ2) is 6.95. The Labute approximate surface area is 138 Å². The van der Waals surface area contributed by atoms with Crippen LogP contribution in [0.15, 0.2) is 18.2 Å². The van der Waals surface area contributed by atoms with Crippen LogP contribution in [0, 0.1) is 18.3 Å². The summed E-state index contributed by atoms with van der Waals surface area (Å²) in [7, 11) is 1.71. The predicted molar refractivity (Wildman–Crippen MR) is 90.3 cm³/mol. The number of amides is 1. The van der Waals surface area contributed by atoms with Gasteiger partial charge >= 0.3 is 6.09 Å². The minimum atomic E-state index is -0.504. The highest BCUT2D eigenvalue weighted by Gasteiger charge is 2.22. The Morgan fingerprint density at radius 3 is 2.65 bits per heavy atom. The lowest BCUT2D eigenvalue weighted by Gasteiger charge is -2.24. The van der Waals surface area contributed by atoms with Gasteiger partial charge in [0.15, 0.2) is 0 Å². The molecule has 1 amide bonds. The SMILES string of the molecule is C#Cc1cc(CN(C)C(=O)OC(C)(C)C)ccc1OCC1CC1. The van der Waals surface area contributed by atoms with Crippen LogP contribution in [0.3, 0.4) is 0 Å². The van der Waals surface area contributed by atoms with Crippen LogP contribution in [0.25, 0.3) is 0 Å². The van der Waals surface area contributed by atoms with Gasteiger partial charge in [-0.1, -0.05) is 12.0 Å². The summed E-state index contributed by atoms with van der Waals surface area (Å²) in [6.45, 7) is 6.71. The molecule has 1 saturated carbocycles. The molecule has 0 saturated heterocycles. The first kappa shape index (κ1) is 17.2. The summed E-state index contributed by atoms with van der Waals surface area (Å²) in [5.74, 6) is 4.08. The third-order valence-corrected chi connectivity index (χ3v) is 3.50. The Balaban J connectivity index is 1.99. The van der Waals surface area contributed by atoms with E-state index in [1.165, 1.54) is 17.7 Å². The topological polar surface area (TPSA) is 38.8 Å². The second-order valence-corrected chi connectivity index (χ2v) is 7.07. The molecule has 0 unspecified atom stereocenters. The van der Waals surface area contributed by atoms with Crippen molar-refractivity contribution in [1.29, 1.82) is 0 Å². The molecular weight excluding hydrogens is 290 g/mol. The molecule has 1 aliphatic carbocycles. The largest absolute Gasteiger partial charge is 0.492 e. The molecule has 1 aromatic carbocycles. The van der Waals surface area contributed by atoms with Gasteiger partial charge in [0.05, 0.1) is 12.2 Å². The van der Waals surface area contributed by atoms with Crippen molar-refractivity contribution in [2.45, 2.75) is 45.8 Å². The van der Waals surface area contributed by atoms with Crippen molar-refractivity contribution in [2.75, 3.05) is 13.7 Å². The van der Waals surface area contributed by atoms with Gasteiger partial charge < -0.3 is 14.4 Å². The molecule has 0 aromatic heterocycles. The molecule has 0 N–H and O–H groups in total. The van der Waals surface area contributed by atoms with Gasteiger partial charge in [-0.25, -0.2) is 4.79 Å². The zero-order valence-corrected chi connectivity index (χ0v) is 14.4. The number of carbonyl (C=O) groups is 1. The number of ether oxygens (including phenoxy) is 2. The normalized spacial score (nSPS) is 14.0. The Hall–Kier alpha value is -2.15. The Kier molecular flexibility index (Phi) is 5.20. The van der Waals surface area contributed by atoms with Gasteiger partial charge in [-0.2, -0.15) is 0 Å². The summed E-state index contributed by atoms with van der Waals surface area (Å²) in [5.41, 5.74) is 1.17. The third-order valence-electron chi connectivity index (χ3n) is 3.50. The van der Waals surface area contributed by atoms with Crippen molar-refractivity contribution in [3.05, 3.63) is 29.3 Å². The van der Waals surface area contributed by atoms with Gasteiger partial charge in [0, 0.05) is 13.6 Å². The monoisotopic (exact) mass is 315 g/mol. The Morgan fingerprint density at radius 1 is 1.39 bits per heavy atom. The molecule has 0 heterocycles. The van der Waals surface area contributed by atoms with Gasteiger partial charge in [-0.3, -0.25) is 0 Å². The van der Waals surface area contributed by atoms with E-state index in [1.807, 2.05) is 39.0 Å². The van der Waals surface area contributed by atoms with Crippen LogP contribution in [0.1, 0.15) is 44.7 Å². The molecule has 124 valence electrons. The van der Waals surface area contributed by atoms with E-state index in [-0.39, 0.29) is 6.09 Å². The molecule has 0 spiro atoms. The molecular formula is C19H25NO3. The maximum atomic E-state index is 12.0. The lowest BCUT2D eigenvalue weighted by Crippen LogP contribution is -2.33. The van der Waals surface area contributed by atoms with Gasteiger partial charge in [0.2, 0.25) is 0 Å². The molecule has 4 heteroatoms. The number of terminal acetylenes is 1. The molecule has 23 heavy (non-hydrogen) atoms. The molecule has 0 atom stereocenters. The van der Waals surface area contributed by atoms with Crippen molar-refractivity contribution >= 4 is 6.09 Å². The van der Waals surface area contributed by atoms with Crippen LogP contribution < -0.4 is 4.74 Å². The lowest BCUT2D eigenvalue weighted by atomic mass is 10.1. The van der Waals surface area contributed by atoms with Crippen molar-refractivity contribution < 1.29 is 14.3 Å². The van der Waals surface area contributed by atoms with E-state index in [4.69, 9.17) is 15.9 Å². The van der Waals surface area contributed by atoms with Crippen LogP contribution in [0.2, 0.25) is 0 Å². The summed E-state index contributed by atoms with van der Waals surface area (Å²) in [6, 6.07) is 5.71. The molecule has 4 nitrogen and oxygen atoms in total. The smallest absolute Gasteiger partial charge is 0.410 e. The highest BCUT2D eigenvalue weighted by atomic mass is 16.6. The summed E-state index contributed by atoms with van der Waals surface area (Å²) >= 11 is 0. The number of carbonyl (C=O) groups excluding carboxylic acids is 1. The van der Waals surface area contributed by atoms with E-state index in [0.29, 0.717) is 12.5 Å². The summed E-state index contributed by atoms with van der Waals surface area (Å²) in [4.78, 5) is 13.5. The van der Waals surface area contributed by atoms with Crippen LogP contribution in [0.4, 0.5) is 4.79 Å². The molecule has 0 aliphatic heterocycles. The van der Waals surface area contributed by atoms with E-state index in [9.17, 15) is 4.79 Å². The summed E-state index contributed by atoms with van der Waals surface area (Å²) in [5, 5.41) is 0. The van der Waals surface area contributed by atoms with Crippen molar-refractivity contribution in [3.63, 3.8) is 0 Å². The Morgan fingerprint density at radius 2 is 2.09 bits per heavy atom. The first-order chi connectivity index (χ1) is 10.8. The highest BCUT2D eigenvalue weighted by molar-refractivity contribution is 5.67. The molecule has 1 aromatic rings. The minimum Gasteiger partial charge on any atom is -0.492 e. The Bertz CT molecular complexity index is 606. The fourth-order valence-electron chi connectivity index (χ4n) is 2.08. The fourth-order valence-corrected chi connectivity index (χ4v) is 2.08. The van der Waals surface area contributed by atoms with Gasteiger partial charge in [-0.15, -0.1) is 6.42 Å². The fraction of sp³-hybridized carbons (Fsp3) is 0.526. The minimum absolute atomic E-state index is 0.353. The number of hydrogen-bond acceptors (Lipinski definition) is 3. The summed E-state index contributed by atoms with van der Waals surface area (Å²) in [6.07, 6.45) is 7.71. The number of hydrogen-bond donors (Lipinski definition) is 0. The molecule has 0 bridgehead atoms. The maximum Gasteiger partial charge on any atom is 0.410 e. The standard InChI is InChI=1S/C19H25NO3/c1-6-16-11-15(9-10-17(16)22-13-14-7-8-14)12-20(5)18(21)23-19(2,3)4/h1,9-11,14H,7-8,12-13H2,2-5H3. The van der Waals surface area contributed by atoms with Crippen molar-refractivity contribution in [3.8, 4) is 18.1 Å². The van der Waals surface area contributed by atoms with E-state index in [0.717, 1.165) is 23.5 Å². The van der Waals surface area contributed by atoms with Crippen LogP contribution in [-0.2, 0) is 11.3 Å². The van der Waals surface area contributed by atoms with Crippen molar-refractivity contribution in [1.82, 2.24) is 4.90 Å². The van der Waals surface area contributed by atoms with E-state index in [1.54, 1.807) is 7.05 Å². The van der Waals surface area contributed by atoms with Gasteiger partial charge in [-0.05, 0) is 57.2 Å². The number of benzene rings is 1. The molecule has 1 fully saturated rings. The first-order valence-electron chi connectivity index (χ1n) is 7.95. The number of rotatable bonds is 5. The third kappa shape index (κ3) is 5.52. The van der Waals surface area contributed by atoms with Crippen LogP contribution in [-0.4, -0.2) is 30.2 Å².